The van der Waals surface area contributed by atoms with Crippen molar-refractivity contribution in [3.05, 3.63) is 28.1 Å². The van der Waals surface area contributed by atoms with Crippen molar-refractivity contribution in [1.82, 2.24) is 10.2 Å². The second kappa shape index (κ2) is 11.4. The van der Waals surface area contributed by atoms with Crippen molar-refractivity contribution in [1.29, 1.82) is 0 Å². The summed E-state index contributed by atoms with van der Waals surface area (Å²) in [5.74, 6) is 6.10. The molecule has 2 heterocycles. The fourth-order valence-electron chi connectivity index (χ4n) is 5.13. The van der Waals surface area contributed by atoms with Crippen LogP contribution in [0.25, 0.3) is 0 Å². The van der Waals surface area contributed by atoms with Crippen LogP contribution in [0.2, 0.25) is 0 Å². The topological polar surface area (TPSA) is 86.3 Å². The molecule has 2 aromatic rings. The van der Waals surface area contributed by atoms with Crippen LogP contribution in [0.4, 0.5) is 5.69 Å². The standard InChI is InChI=1S/C28H37N3O3S2/c1-18-5-7-19(8-6-18)26(32)31(20-9-11-21(12-10-20)35-24-14-16-29-30-24)23-17-22(13-15-28(2,3)4)36-25(23)27(33)34/h14,16-21H,5-12H2,1-4H3,(H,29,30)(H,33,34). The average molecular weight is 528 g/mol. The third-order valence-electron chi connectivity index (χ3n) is 7.11. The highest BCUT2D eigenvalue weighted by molar-refractivity contribution is 7.99. The number of hydrogen-bond acceptors (Lipinski definition) is 5. The van der Waals surface area contributed by atoms with Crippen molar-refractivity contribution < 1.29 is 14.7 Å². The van der Waals surface area contributed by atoms with Crippen LogP contribution >= 0.6 is 23.1 Å². The number of aromatic nitrogens is 2. The molecule has 0 saturated heterocycles. The molecule has 8 heteroatoms. The largest absolute Gasteiger partial charge is 0.477 e. The van der Waals surface area contributed by atoms with E-state index in [0.29, 0.717) is 21.7 Å². The van der Waals surface area contributed by atoms with Gasteiger partial charge in [-0.15, -0.1) is 23.1 Å². The minimum absolute atomic E-state index is 0.00610. The monoisotopic (exact) mass is 527 g/mol. The van der Waals surface area contributed by atoms with E-state index >= 15 is 0 Å². The summed E-state index contributed by atoms with van der Waals surface area (Å²) in [6.45, 7) is 8.35. The molecule has 0 aromatic carbocycles. The van der Waals surface area contributed by atoms with Gasteiger partial charge in [0.25, 0.3) is 0 Å². The summed E-state index contributed by atoms with van der Waals surface area (Å²) in [6.07, 6.45) is 9.30. The van der Waals surface area contributed by atoms with Crippen molar-refractivity contribution in [3.8, 4) is 11.8 Å². The molecule has 2 aliphatic carbocycles. The smallest absolute Gasteiger partial charge is 0.348 e. The number of thioether (sulfide) groups is 1. The molecular formula is C28H37N3O3S2. The van der Waals surface area contributed by atoms with Gasteiger partial charge >= 0.3 is 5.97 Å². The van der Waals surface area contributed by atoms with E-state index in [4.69, 9.17) is 0 Å². The lowest BCUT2D eigenvalue weighted by Gasteiger charge is -2.39. The minimum atomic E-state index is -0.989. The van der Waals surface area contributed by atoms with Crippen LogP contribution in [0.15, 0.2) is 23.4 Å². The Kier molecular flexibility index (Phi) is 8.52. The molecule has 36 heavy (non-hydrogen) atoms. The molecule has 2 N–H and O–H groups in total. The summed E-state index contributed by atoms with van der Waals surface area (Å²) >= 11 is 2.99. The van der Waals surface area contributed by atoms with E-state index in [1.165, 1.54) is 11.3 Å². The zero-order valence-corrected chi connectivity index (χ0v) is 23.3. The molecule has 1 amide bonds. The molecule has 0 unspecified atom stereocenters. The number of nitrogens with one attached hydrogen (secondary N) is 1. The molecule has 2 fully saturated rings. The fraction of sp³-hybridized carbons (Fsp3) is 0.607. The lowest BCUT2D eigenvalue weighted by Crippen LogP contribution is -2.46. The Balaban J connectivity index is 1.62. The average Bonchev–Trinajstić information content (AvgIpc) is 3.49. The van der Waals surface area contributed by atoms with E-state index in [1.54, 1.807) is 18.0 Å². The number of anilines is 1. The van der Waals surface area contributed by atoms with Gasteiger partial charge in [-0.25, -0.2) is 4.79 Å². The van der Waals surface area contributed by atoms with Crippen LogP contribution in [0.5, 0.6) is 0 Å². The quantitative estimate of drug-likeness (QED) is 0.402. The highest BCUT2D eigenvalue weighted by Crippen LogP contribution is 2.41. The Hall–Kier alpha value is -2.24. The first-order chi connectivity index (χ1) is 17.1. The summed E-state index contributed by atoms with van der Waals surface area (Å²) in [5.41, 5.74) is 0.353. The van der Waals surface area contributed by atoms with Gasteiger partial charge in [0, 0.05) is 28.8 Å². The number of carbonyl (C=O) groups is 2. The molecule has 2 aromatic heterocycles. The van der Waals surface area contributed by atoms with E-state index in [1.807, 2.05) is 37.8 Å². The highest BCUT2D eigenvalue weighted by atomic mass is 32.2. The zero-order valence-electron chi connectivity index (χ0n) is 21.7. The summed E-state index contributed by atoms with van der Waals surface area (Å²) in [7, 11) is 0. The maximum Gasteiger partial charge on any atom is 0.348 e. The van der Waals surface area contributed by atoms with Gasteiger partial charge in [0.15, 0.2) is 0 Å². The molecular weight excluding hydrogens is 490 g/mol. The maximum absolute atomic E-state index is 14.0. The van der Waals surface area contributed by atoms with Gasteiger partial charge in [0.2, 0.25) is 5.91 Å². The first-order valence-corrected chi connectivity index (χ1v) is 14.7. The van der Waals surface area contributed by atoms with Crippen LogP contribution in [0.3, 0.4) is 0 Å². The number of rotatable bonds is 6. The van der Waals surface area contributed by atoms with E-state index in [9.17, 15) is 14.7 Å². The third kappa shape index (κ3) is 6.74. The second-order valence-electron chi connectivity index (χ2n) is 11.3. The Morgan fingerprint density at radius 1 is 1.14 bits per heavy atom. The molecule has 4 rings (SSSR count). The number of aromatic carboxylic acids is 1. The summed E-state index contributed by atoms with van der Waals surface area (Å²) in [6, 6.07) is 3.84. The van der Waals surface area contributed by atoms with Crippen LogP contribution in [-0.4, -0.2) is 38.5 Å². The van der Waals surface area contributed by atoms with Gasteiger partial charge in [0.1, 0.15) is 4.88 Å². The maximum atomic E-state index is 14.0. The molecule has 0 spiro atoms. The number of amides is 1. The van der Waals surface area contributed by atoms with Gasteiger partial charge in [0.05, 0.1) is 15.6 Å². The predicted octanol–water partition coefficient (Wildman–Crippen LogP) is 6.83. The van der Waals surface area contributed by atoms with Crippen molar-refractivity contribution in [2.45, 2.75) is 95.4 Å². The van der Waals surface area contributed by atoms with Crippen molar-refractivity contribution in [2.24, 2.45) is 17.3 Å². The van der Waals surface area contributed by atoms with E-state index in [-0.39, 0.29) is 28.2 Å². The number of thiophene rings is 1. The van der Waals surface area contributed by atoms with E-state index in [2.05, 4.69) is 29.0 Å². The lowest BCUT2D eigenvalue weighted by molar-refractivity contribution is -0.124. The van der Waals surface area contributed by atoms with E-state index in [0.717, 1.165) is 56.4 Å². The zero-order chi connectivity index (χ0) is 25.9. The third-order valence-corrected chi connectivity index (χ3v) is 9.42. The highest BCUT2D eigenvalue weighted by Gasteiger charge is 2.37. The predicted molar refractivity (Wildman–Crippen MR) is 147 cm³/mol. The Morgan fingerprint density at radius 2 is 1.83 bits per heavy atom. The number of carboxylic acid groups (broad SMARTS) is 1. The first kappa shape index (κ1) is 26.8. The molecule has 0 radical (unpaired) electrons. The molecule has 194 valence electrons. The fourth-order valence-corrected chi connectivity index (χ4v) is 7.09. The lowest BCUT2D eigenvalue weighted by atomic mass is 9.81. The molecule has 2 aliphatic rings. The number of hydrogen-bond donors (Lipinski definition) is 2. The van der Waals surface area contributed by atoms with Crippen molar-refractivity contribution in [3.63, 3.8) is 0 Å². The van der Waals surface area contributed by atoms with Crippen LogP contribution < -0.4 is 4.90 Å². The van der Waals surface area contributed by atoms with Crippen molar-refractivity contribution in [2.75, 3.05) is 4.90 Å². The number of carboxylic acids is 1. The molecule has 6 nitrogen and oxygen atoms in total. The van der Waals surface area contributed by atoms with E-state index < -0.39 is 5.97 Å². The van der Waals surface area contributed by atoms with Gasteiger partial charge in [-0.2, -0.15) is 5.10 Å². The molecule has 0 bridgehead atoms. The summed E-state index contributed by atoms with van der Waals surface area (Å²) in [5, 5.41) is 18.7. The van der Waals surface area contributed by atoms with Gasteiger partial charge in [-0.3, -0.25) is 9.89 Å². The number of aromatic amines is 1. The first-order valence-electron chi connectivity index (χ1n) is 13.0. The Morgan fingerprint density at radius 3 is 2.42 bits per heavy atom. The van der Waals surface area contributed by atoms with Crippen LogP contribution in [-0.2, 0) is 4.79 Å². The molecule has 2 saturated carbocycles. The second-order valence-corrected chi connectivity index (χ2v) is 13.7. The summed E-state index contributed by atoms with van der Waals surface area (Å²) < 4.78 is 0. The Labute approximate surface area is 222 Å². The minimum Gasteiger partial charge on any atom is -0.477 e. The number of carbonyl (C=O) groups excluding carboxylic acids is 1. The van der Waals surface area contributed by atoms with Crippen LogP contribution in [0.1, 0.15) is 93.6 Å². The molecule has 0 aliphatic heterocycles. The van der Waals surface area contributed by atoms with Gasteiger partial charge in [-0.1, -0.05) is 18.8 Å². The van der Waals surface area contributed by atoms with Gasteiger partial charge < -0.3 is 10.0 Å². The van der Waals surface area contributed by atoms with Gasteiger partial charge in [-0.05, 0) is 90.2 Å². The number of H-pyrrole nitrogens is 1. The van der Waals surface area contributed by atoms with Crippen LogP contribution in [0, 0.1) is 29.1 Å². The molecule has 0 atom stereocenters. The SMILES string of the molecule is CC1CCC(C(=O)N(c2cc(C#CC(C)(C)C)sc2C(=O)O)C2CCC(Sc3ccn[nH]3)CC2)CC1. The number of nitrogens with zero attached hydrogens (tertiary/aromatic N) is 2. The summed E-state index contributed by atoms with van der Waals surface area (Å²) in [4.78, 5) is 29.1. The van der Waals surface area contributed by atoms with Crippen molar-refractivity contribution >= 4 is 40.7 Å². The Bertz CT molecular complexity index is 1110. The normalized spacial score (nSPS) is 24.6.